The van der Waals surface area contributed by atoms with E-state index in [0.29, 0.717) is 11.7 Å². The van der Waals surface area contributed by atoms with Crippen molar-refractivity contribution in [2.45, 2.75) is 63.7 Å². The SMILES string of the molecule is CC(C)(COC(=O)CCCCC1CCSS1)[C@@H](O)C(=O)NCCC(=O)O. The van der Waals surface area contributed by atoms with Crippen LogP contribution in [0.1, 0.15) is 52.4 Å². The number of unbranched alkanes of at least 4 members (excludes halogenated alkanes) is 1. The highest BCUT2D eigenvalue weighted by molar-refractivity contribution is 8.77. The van der Waals surface area contributed by atoms with Crippen molar-refractivity contribution in [3.05, 3.63) is 0 Å². The van der Waals surface area contributed by atoms with Crippen LogP contribution in [0, 0.1) is 5.41 Å². The molecule has 0 bridgehead atoms. The molecule has 0 radical (unpaired) electrons. The summed E-state index contributed by atoms with van der Waals surface area (Å²) in [6.45, 7) is 3.11. The van der Waals surface area contributed by atoms with Crippen molar-refractivity contribution in [2.75, 3.05) is 18.9 Å². The van der Waals surface area contributed by atoms with E-state index in [-0.39, 0.29) is 25.5 Å². The molecule has 1 unspecified atom stereocenters. The molecule has 1 amide bonds. The quantitative estimate of drug-likeness (QED) is 0.256. The first-order valence-corrected chi connectivity index (χ1v) is 11.2. The van der Waals surface area contributed by atoms with Crippen LogP contribution in [0.5, 0.6) is 0 Å². The van der Waals surface area contributed by atoms with Crippen LogP contribution in [0.2, 0.25) is 0 Å². The minimum atomic E-state index is -1.39. The van der Waals surface area contributed by atoms with Crippen molar-refractivity contribution < 1.29 is 29.3 Å². The van der Waals surface area contributed by atoms with E-state index < -0.39 is 23.4 Å². The highest BCUT2D eigenvalue weighted by Gasteiger charge is 2.34. The van der Waals surface area contributed by atoms with Crippen LogP contribution in [0.25, 0.3) is 0 Å². The number of hydrogen-bond donors (Lipinski definition) is 3. The van der Waals surface area contributed by atoms with E-state index in [2.05, 4.69) is 5.32 Å². The number of esters is 1. The number of ether oxygens (including phenoxy) is 1. The molecule has 0 saturated carbocycles. The molecule has 1 saturated heterocycles. The standard InChI is InChI=1S/C17H29NO6S2/c1-17(2,15(22)16(23)18-9-7-13(19)20)11-24-14(21)6-4-3-5-12-8-10-25-26-12/h12,15,22H,3-11H2,1-2H3,(H,18,23)(H,19,20)/t12?,15-/m0/s1. The third kappa shape index (κ3) is 9.14. The summed E-state index contributed by atoms with van der Waals surface area (Å²) in [6.07, 6.45) is 2.85. The first-order valence-electron chi connectivity index (χ1n) is 8.84. The zero-order valence-corrected chi connectivity index (χ0v) is 17.0. The monoisotopic (exact) mass is 407 g/mol. The van der Waals surface area contributed by atoms with Gasteiger partial charge in [0.25, 0.3) is 0 Å². The molecule has 0 aliphatic carbocycles. The lowest BCUT2D eigenvalue weighted by Crippen LogP contribution is -2.46. The molecule has 0 aromatic heterocycles. The maximum atomic E-state index is 11.9. The molecule has 26 heavy (non-hydrogen) atoms. The lowest BCUT2D eigenvalue weighted by molar-refractivity contribution is -0.153. The number of hydrogen-bond acceptors (Lipinski definition) is 7. The van der Waals surface area contributed by atoms with Gasteiger partial charge in [0, 0.05) is 29.4 Å². The lowest BCUT2D eigenvalue weighted by atomic mass is 9.87. The molecule has 0 spiro atoms. The fourth-order valence-electron chi connectivity index (χ4n) is 2.37. The van der Waals surface area contributed by atoms with Gasteiger partial charge in [0.15, 0.2) is 0 Å². The molecular weight excluding hydrogens is 378 g/mol. The predicted molar refractivity (Wildman–Crippen MR) is 103 cm³/mol. The van der Waals surface area contributed by atoms with Gasteiger partial charge in [0.2, 0.25) is 5.91 Å². The maximum Gasteiger partial charge on any atom is 0.305 e. The van der Waals surface area contributed by atoms with Crippen LogP contribution in [-0.2, 0) is 19.1 Å². The van der Waals surface area contributed by atoms with Gasteiger partial charge >= 0.3 is 11.9 Å². The Balaban J connectivity index is 2.21. The van der Waals surface area contributed by atoms with E-state index in [1.807, 2.05) is 21.6 Å². The van der Waals surface area contributed by atoms with Crippen molar-refractivity contribution in [3.63, 3.8) is 0 Å². The van der Waals surface area contributed by atoms with E-state index in [4.69, 9.17) is 9.84 Å². The Morgan fingerprint density at radius 1 is 1.27 bits per heavy atom. The van der Waals surface area contributed by atoms with Crippen molar-refractivity contribution >= 4 is 39.4 Å². The maximum absolute atomic E-state index is 11.9. The van der Waals surface area contributed by atoms with E-state index >= 15 is 0 Å². The van der Waals surface area contributed by atoms with Crippen LogP contribution in [0.3, 0.4) is 0 Å². The zero-order valence-electron chi connectivity index (χ0n) is 15.4. The third-order valence-electron chi connectivity index (χ3n) is 4.12. The molecule has 1 rings (SSSR count). The number of amides is 1. The van der Waals surface area contributed by atoms with Crippen LogP contribution in [-0.4, -0.2) is 58.3 Å². The Bertz CT molecular complexity index is 480. The summed E-state index contributed by atoms with van der Waals surface area (Å²) in [7, 11) is 3.84. The molecule has 0 aromatic carbocycles. The summed E-state index contributed by atoms with van der Waals surface area (Å²) < 4.78 is 5.21. The summed E-state index contributed by atoms with van der Waals surface area (Å²) in [5.74, 6) is -0.818. The average Bonchev–Trinajstić information content (AvgIpc) is 3.09. The highest BCUT2D eigenvalue weighted by atomic mass is 33.1. The van der Waals surface area contributed by atoms with Gasteiger partial charge in [0.05, 0.1) is 13.0 Å². The van der Waals surface area contributed by atoms with Gasteiger partial charge in [-0.05, 0) is 19.3 Å². The second kappa shape index (κ2) is 11.7. The number of aliphatic hydroxyl groups is 1. The van der Waals surface area contributed by atoms with Crippen molar-refractivity contribution in [1.29, 1.82) is 0 Å². The molecule has 9 heteroatoms. The van der Waals surface area contributed by atoms with Gasteiger partial charge in [-0.2, -0.15) is 0 Å². The van der Waals surface area contributed by atoms with Crippen LogP contribution < -0.4 is 5.32 Å². The van der Waals surface area contributed by atoms with Crippen LogP contribution in [0.4, 0.5) is 0 Å². The first kappa shape index (κ1) is 23.1. The van der Waals surface area contributed by atoms with E-state index in [9.17, 15) is 19.5 Å². The summed E-state index contributed by atoms with van der Waals surface area (Å²) in [4.78, 5) is 34.1. The third-order valence-corrected chi connectivity index (χ3v) is 7.12. The predicted octanol–water partition coefficient (Wildman–Crippen LogP) is 2.22. The largest absolute Gasteiger partial charge is 0.481 e. The van der Waals surface area contributed by atoms with E-state index in [1.54, 1.807) is 13.8 Å². The number of aliphatic hydroxyl groups excluding tert-OH is 1. The first-order chi connectivity index (χ1) is 12.2. The molecule has 150 valence electrons. The number of carboxylic acid groups (broad SMARTS) is 1. The molecule has 1 aliphatic heterocycles. The molecule has 0 aromatic rings. The van der Waals surface area contributed by atoms with Gasteiger partial charge < -0.3 is 20.3 Å². The average molecular weight is 408 g/mol. The molecule has 1 heterocycles. The molecular formula is C17H29NO6S2. The second-order valence-electron chi connectivity index (χ2n) is 7.06. The molecule has 3 N–H and O–H groups in total. The number of aliphatic carboxylic acids is 1. The number of carbonyl (C=O) groups excluding carboxylic acids is 2. The van der Waals surface area contributed by atoms with Crippen molar-refractivity contribution in [2.24, 2.45) is 5.41 Å². The fraction of sp³-hybridized carbons (Fsp3) is 0.824. The second-order valence-corrected chi connectivity index (χ2v) is 9.85. The lowest BCUT2D eigenvalue weighted by Gasteiger charge is -2.29. The van der Waals surface area contributed by atoms with Crippen molar-refractivity contribution in [3.8, 4) is 0 Å². The smallest absolute Gasteiger partial charge is 0.305 e. The van der Waals surface area contributed by atoms with Gasteiger partial charge in [-0.25, -0.2) is 0 Å². The number of carboxylic acids is 1. The Labute approximate surface area is 162 Å². The Hall–Kier alpha value is -0.930. The summed E-state index contributed by atoms with van der Waals surface area (Å²) in [5, 5.41) is 21.7. The van der Waals surface area contributed by atoms with Crippen LogP contribution >= 0.6 is 21.6 Å². The Kier molecular flexibility index (Phi) is 10.4. The molecule has 2 atom stereocenters. The fourth-order valence-corrected chi connectivity index (χ4v) is 5.40. The van der Waals surface area contributed by atoms with Crippen LogP contribution in [0.15, 0.2) is 0 Å². The van der Waals surface area contributed by atoms with Gasteiger partial charge in [-0.3, -0.25) is 14.4 Å². The highest BCUT2D eigenvalue weighted by Crippen LogP contribution is 2.39. The van der Waals surface area contributed by atoms with Gasteiger partial charge in [-0.1, -0.05) is 41.9 Å². The normalized spacial score (nSPS) is 18.3. The van der Waals surface area contributed by atoms with E-state index in [1.165, 1.54) is 12.2 Å². The minimum absolute atomic E-state index is 0.0567. The van der Waals surface area contributed by atoms with Gasteiger partial charge in [0.1, 0.15) is 6.10 Å². The van der Waals surface area contributed by atoms with E-state index in [0.717, 1.165) is 19.3 Å². The molecule has 1 aliphatic rings. The zero-order chi connectivity index (χ0) is 19.6. The number of nitrogens with one attached hydrogen (secondary N) is 1. The Morgan fingerprint density at radius 2 is 2.00 bits per heavy atom. The number of rotatable bonds is 12. The summed E-state index contributed by atoms with van der Waals surface area (Å²) >= 11 is 0. The summed E-state index contributed by atoms with van der Waals surface area (Å²) in [6, 6.07) is 0. The van der Waals surface area contributed by atoms with Crippen molar-refractivity contribution in [1.82, 2.24) is 5.32 Å². The summed E-state index contributed by atoms with van der Waals surface area (Å²) in [5.41, 5.74) is -0.958. The number of carbonyl (C=O) groups is 3. The van der Waals surface area contributed by atoms with Gasteiger partial charge in [-0.15, -0.1) is 0 Å². The molecule has 7 nitrogen and oxygen atoms in total. The minimum Gasteiger partial charge on any atom is -0.481 e. The topological polar surface area (TPSA) is 113 Å². The molecule has 1 fully saturated rings. The Morgan fingerprint density at radius 3 is 2.62 bits per heavy atom.